The van der Waals surface area contributed by atoms with Crippen LogP contribution in [0.2, 0.25) is 0 Å². The molecule has 0 spiro atoms. The molecule has 0 amide bonds. The van der Waals surface area contributed by atoms with E-state index < -0.39 is 28.9 Å². The molecule has 200 valence electrons. The maximum Gasteiger partial charge on any atom is 0.416 e. The summed E-state index contributed by atoms with van der Waals surface area (Å²) in [6.45, 7) is 4.17. The van der Waals surface area contributed by atoms with E-state index in [0.717, 1.165) is 29.8 Å². The molecule has 0 saturated heterocycles. The van der Waals surface area contributed by atoms with Crippen molar-refractivity contribution in [2.45, 2.75) is 74.5 Å². The highest BCUT2D eigenvalue weighted by Gasteiger charge is 2.58. The summed E-state index contributed by atoms with van der Waals surface area (Å²) in [7, 11) is 1.06. The van der Waals surface area contributed by atoms with Crippen molar-refractivity contribution in [3.63, 3.8) is 0 Å². The Balaban J connectivity index is 1.21. The van der Waals surface area contributed by atoms with E-state index in [4.69, 9.17) is 9.47 Å². The monoisotopic (exact) mass is 546 g/mol. The summed E-state index contributed by atoms with van der Waals surface area (Å²) in [6, 6.07) is 6.07. The fourth-order valence-electron chi connectivity index (χ4n) is 6.43. The van der Waals surface area contributed by atoms with Gasteiger partial charge in [0, 0.05) is 16.1 Å². The highest BCUT2D eigenvalue weighted by atomic mass is 32.2. The second-order valence-electron chi connectivity index (χ2n) is 10.5. The number of thioether (sulfide) groups is 1. The summed E-state index contributed by atoms with van der Waals surface area (Å²) in [5.74, 6) is 0.819. The Morgan fingerprint density at radius 1 is 1.03 bits per heavy atom. The quantitative estimate of drug-likeness (QED) is 0.0565. The number of benzene rings is 1. The number of hydrogen-bond donors (Lipinski definition) is 0. The lowest BCUT2D eigenvalue weighted by atomic mass is 9.46. The highest BCUT2D eigenvalue weighted by Crippen LogP contribution is 2.64. The third-order valence-corrected chi connectivity index (χ3v) is 9.28. The van der Waals surface area contributed by atoms with Gasteiger partial charge < -0.3 is 9.47 Å². The predicted molar refractivity (Wildman–Crippen MR) is 130 cm³/mol. The van der Waals surface area contributed by atoms with E-state index in [0.29, 0.717) is 5.75 Å². The molecule has 7 nitrogen and oxygen atoms in total. The molecule has 0 heterocycles. The van der Waals surface area contributed by atoms with Gasteiger partial charge in [-0.05, 0) is 94.4 Å². The molecule has 5 rings (SSSR count). The molecule has 4 aliphatic carbocycles. The summed E-state index contributed by atoms with van der Waals surface area (Å²) in [6.07, 6.45) is 7.81. The van der Waals surface area contributed by atoms with Gasteiger partial charge in [0.25, 0.3) is 0 Å². The first-order chi connectivity index (χ1) is 17.0. The topological polar surface area (TPSA) is 80.3 Å². The number of halogens is 2. The van der Waals surface area contributed by atoms with E-state index in [1.165, 1.54) is 62.4 Å². The van der Waals surface area contributed by atoms with Crippen LogP contribution in [0.5, 0.6) is 5.75 Å². The zero-order valence-corrected chi connectivity index (χ0v) is 22.3. The van der Waals surface area contributed by atoms with Crippen LogP contribution in [0.25, 0.3) is 0 Å². The van der Waals surface area contributed by atoms with Crippen molar-refractivity contribution in [3.8, 4) is 5.75 Å². The zero-order chi connectivity index (χ0) is 26.0. The lowest BCUT2D eigenvalue weighted by Gasteiger charge is -2.61. The Bertz CT molecular complexity index is 904. The van der Waals surface area contributed by atoms with Gasteiger partial charge in [-0.3, -0.25) is 4.79 Å². The zero-order valence-electron chi connectivity index (χ0n) is 20.6. The predicted octanol–water partition coefficient (Wildman–Crippen LogP) is 6.36. The second kappa shape index (κ2) is 11.1. The lowest BCUT2D eigenvalue weighted by Crippen LogP contribution is -2.57. The van der Waals surface area contributed by atoms with Crippen molar-refractivity contribution >= 4 is 35.7 Å². The van der Waals surface area contributed by atoms with Crippen LogP contribution in [0, 0.1) is 23.2 Å². The van der Waals surface area contributed by atoms with Gasteiger partial charge in [-0.2, -0.15) is 8.78 Å². The molecule has 0 atom stereocenters. The Kier molecular flexibility index (Phi) is 8.55. The van der Waals surface area contributed by atoms with Crippen LogP contribution in [0.4, 0.5) is 8.78 Å². The minimum absolute atomic E-state index is 0.0472. The number of carbonyl (C=O) groups is 2. The van der Waals surface area contributed by atoms with Crippen LogP contribution in [0.15, 0.2) is 29.2 Å². The maximum absolute atomic E-state index is 13.7. The van der Waals surface area contributed by atoms with Gasteiger partial charge in [-0.15, -0.1) is 16.1 Å². The Labute approximate surface area is 218 Å². The van der Waals surface area contributed by atoms with Gasteiger partial charge in [0.1, 0.15) is 23.4 Å². The SMILES string of the molecule is COOOSC(F)(F)C(=O)Oc1ccc(SCCC(=O)OC(C)(C)C23CC4CC(CC(C4)C2)C3)cc1. The summed E-state index contributed by atoms with van der Waals surface area (Å²) in [5.41, 5.74) is -0.368. The summed E-state index contributed by atoms with van der Waals surface area (Å²) >= 11 is 0.901. The number of carbonyl (C=O) groups excluding carboxylic acids is 2. The lowest BCUT2D eigenvalue weighted by molar-refractivity contribution is -0.448. The molecule has 36 heavy (non-hydrogen) atoms. The Hall–Kier alpha value is -1.40. The average Bonchev–Trinajstić information content (AvgIpc) is 2.79. The summed E-state index contributed by atoms with van der Waals surface area (Å²) in [4.78, 5) is 29.2. The maximum atomic E-state index is 13.7. The van der Waals surface area contributed by atoms with Crippen LogP contribution in [0.3, 0.4) is 0 Å². The van der Waals surface area contributed by atoms with Gasteiger partial charge in [0.2, 0.25) is 0 Å². The van der Waals surface area contributed by atoms with E-state index in [2.05, 4.69) is 28.1 Å². The second-order valence-corrected chi connectivity index (χ2v) is 12.5. The molecule has 11 heteroatoms. The molecular weight excluding hydrogens is 514 g/mol. The molecule has 1 aromatic carbocycles. The third kappa shape index (κ3) is 6.35. The average molecular weight is 547 g/mol. The smallest absolute Gasteiger partial charge is 0.416 e. The van der Waals surface area contributed by atoms with Crippen LogP contribution in [-0.4, -0.2) is 35.7 Å². The molecule has 0 radical (unpaired) electrons. The number of hydrogen-bond acceptors (Lipinski definition) is 9. The largest absolute Gasteiger partial charge is 0.459 e. The molecule has 0 N–H and O–H groups in total. The number of esters is 2. The van der Waals surface area contributed by atoms with Crippen molar-refractivity contribution in [1.29, 1.82) is 0 Å². The van der Waals surface area contributed by atoms with E-state index in [1.807, 2.05) is 0 Å². The first-order valence-corrected chi connectivity index (χ1v) is 13.8. The number of rotatable bonds is 12. The molecule has 0 aliphatic heterocycles. The molecule has 4 bridgehead atoms. The van der Waals surface area contributed by atoms with Crippen LogP contribution in [0.1, 0.15) is 58.8 Å². The molecule has 4 aliphatic rings. The number of alkyl halides is 2. The molecule has 0 aromatic heterocycles. The van der Waals surface area contributed by atoms with Gasteiger partial charge in [0.15, 0.2) is 0 Å². The fourth-order valence-corrected chi connectivity index (χ4v) is 7.54. The van der Waals surface area contributed by atoms with Gasteiger partial charge in [0.05, 0.1) is 13.5 Å². The van der Waals surface area contributed by atoms with Gasteiger partial charge in [-0.1, -0.05) is 5.04 Å². The summed E-state index contributed by atoms with van der Waals surface area (Å²) in [5, 5.41) is -0.130. The van der Waals surface area contributed by atoms with Gasteiger partial charge >= 0.3 is 17.2 Å². The first-order valence-electron chi connectivity index (χ1n) is 12.1. The van der Waals surface area contributed by atoms with Crippen molar-refractivity contribution in [1.82, 2.24) is 0 Å². The molecule has 4 saturated carbocycles. The summed E-state index contributed by atoms with van der Waals surface area (Å²) < 4.78 is 42.1. The molecule has 4 fully saturated rings. The molecule has 0 unspecified atom stereocenters. The van der Waals surface area contributed by atoms with Crippen LogP contribution in [-0.2, 0) is 28.6 Å². The van der Waals surface area contributed by atoms with Crippen LogP contribution >= 0.6 is 23.8 Å². The van der Waals surface area contributed by atoms with Crippen molar-refractivity contribution in [2.75, 3.05) is 12.9 Å². The molecular formula is C25H32F2O7S2. The van der Waals surface area contributed by atoms with E-state index in [9.17, 15) is 18.4 Å². The van der Waals surface area contributed by atoms with Crippen molar-refractivity contribution in [3.05, 3.63) is 24.3 Å². The van der Waals surface area contributed by atoms with E-state index in [-0.39, 0.29) is 23.6 Å². The normalized spacial score (nSPS) is 27.2. The minimum Gasteiger partial charge on any atom is -0.459 e. The molecule has 1 aromatic rings. The fraction of sp³-hybridized carbons (Fsp3) is 0.680. The van der Waals surface area contributed by atoms with Gasteiger partial charge in [-0.25, -0.2) is 9.68 Å². The Morgan fingerprint density at radius 2 is 1.61 bits per heavy atom. The highest BCUT2D eigenvalue weighted by molar-refractivity contribution is 7.99. The van der Waals surface area contributed by atoms with E-state index in [1.54, 1.807) is 12.1 Å². The van der Waals surface area contributed by atoms with E-state index >= 15 is 0 Å². The van der Waals surface area contributed by atoms with Crippen molar-refractivity contribution in [2.24, 2.45) is 23.2 Å². The standard InChI is InChI=1S/C25H32F2O7S2/c1-23(2,24-13-16-10-17(14-24)12-18(11-16)15-24)32-21(28)8-9-35-20-6-4-19(5-7-20)31-22(29)25(26,27)36-34-33-30-3/h4-7,16-18H,8-15H2,1-3H3. The minimum atomic E-state index is -3.99. The first kappa shape index (κ1) is 27.6. The Morgan fingerprint density at radius 3 is 2.17 bits per heavy atom. The van der Waals surface area contributed by atoms with Crippen molar-refractivity contribution < 1.29 is 42.1 Å². The van der Waals surface area contributed by atoms with Crippen LogP contribution < -0.4 is 4.74 Å². The number of ether oxygens (including phenoxy) is 2. The third-order valence-electron chi connectivity index (χ3n) is 7.77.